The van der Waals surface area contributed by atoms with Gasteiger partial charge < -0.3 is 9.47 Å². The van der Waals surface area contributed by atoms with Crippen LogP contribution in [0.15, 0.2) is 23.4 Å². The Labute approximate surface area is 155 Å². The zero-order valence-corrected chi connectivity index (χ0v) is 15.7. The van der Waals surface area contributed by atoms with Crippen LogP contribution in [-0.2, 0) is 11.0 Å². The zero-order chi connectivity index (χ0) is 18.1. The molecule has 132 valence electrons. The van der Waals surface area contributed by atoms with Crippen LogP contribution in [0.25, 0.3) is 5.78 Å². The molecule has 25 heavy (non-hydrogen) atoms. The van der Waals surface area contributed by atoms with Crippen molar-refractivity contribution in [1.29, 1.82) is 0 Å². The first-order valence-corrected chi connectivity index (χ1v) is 8.84. The molecule has 2 aromatic heterocycles. The lowest BCUT2D eigenvalue weighted by atomic mass is 10.2. The van der Waals surface area contributed by atoms with Gasteiger partial charge in [0.1, 0.15) is 0 Å². The van der Waals surface area contributed by atoms with Gasteiger partial charge in [0, 0.05) is 0 Å². The minimum atomic E-state index is -1.81. The molecule has 0 fully saturated rings. The fraction of sp³-hybridized carbons (Fsp3) is 0.214. The number of aromatic nitrogens is 4. The first-order valence-electron chi connectivity index (χ1n) is 6.93. The van der Waals surface area contributed by atoms with E-state index >= 15 is 0 Å². The van der Waals surface area contributed by atoms with Crippen molar-refractivity contribution < 1.29 is 13.7 Å². The first-order chi connectivity index (χ1) is 11.9. The summed E-state index contributed by atoms with van der Waals surface area (Å²) in [6, 6.07) is 4.97. The molecule has 0 spiro atoms. The number of fused-ring (bicyclic) bond motifs is 1. The minimum Gasteiger partial charge on any atom is -0.481 e. The summed E-state index contributed by atoms with van der Waals surface area (Å²) in [7, 11) is 1.13. The molecule has 0 aliphatic heterocycles. The molecule has 0 aliphatic carbocycles. The number of benzene rings is 1. The van der Waals surface area contributed by atoms with Crippen LogP contribution in [0.1, 0.15) is 5.56 Å². The number of methoxy groups -OCH3 is 2. The van der Waals surface area contributed by atoms with E-state index in [0.717, 1.165) is 5.56 Å². The van der Waals surface area contributed by atoms with Gasteiger partial charge in [-0.05, 0) is 18.6 Å². The Morgan fingerprint density at radius 2 is 1.96 bits per heavy atom. The number of nitrogens with zero attached hydrogens (tertiary/aromatic N) is 4. The lowest BCUT2D eigenvalue weighted by Gasteiger charge is -2.09. The van der Waals surface area contributed by atoms with E-state index < -0.39 is 11.0 Å². The molecule has 0 bridgehead atoms. The summed E-state index contributed by atoms with van der Waals surface area (Å²) in [6.45, 7) is 1.82. The minimum absolute atomic E-state index is 0.00677. The van der Waals surface area contributed by atoms with Gasteiger partial charge in [0.25, 0.3) is 10.9 Å². The highest BCUT2D eigenvalue weighted by atomic mass is 35.5. The molecule has 3 rings (SSSR count). The predicted molar refractivity (Wildman–Crippen MR) is 95.1 cm³/mol. The van der Waals surface area contributed by atoms with Crippen LogP contribution in [0.2, 0.25) is 10.0 Å². The number of ether oxygens (including phenoxy) is 2. The number of aryl methyl sites for hydroxylation is 1. The summed E-state index contributed by atoms with van der Waals surface area (Å²) in [4.78, 5) is 8.27. The highest BCUT2D eigenvalue weighted by molar-refractivity contribution is 7.86. The summed E-state index contributed by atoms with van der Waals surface area (Å²) < 4.78 is 26.9. The monoisotopic (exact) mass is 401 g/mol. The van der Waals surface area contributed by atoms with Crippen molar-refractivity contribution in [3.63, 3.8) is 0 Å². The summed E-state index contributed by atoms with van der Waals surface area (Å²) >= 11 is 12.3. The van der Waals surface area contributed by atoms with Crippen molar-refractivity contribution in [3.05, 3.63) is 33.8 Å². The van der Waals surface area contributed by atoms with Gasteiger partial charge in [-0.25, -0.2) is 4.21 Å². The maximum Gasteiger partial charge on any atom is 0.262 e. The van der Waals surface area contributed by atoms with Gasteiger partial charge in [0.2, 0.25) is 11.8 Å². The van der Waals surface area contributed by atoms with Crippen molar-refractivity contribution in [2.24, 2.45) is 0 Å². The Balaban J connectivity index is 2.00. The number of hydrogen-bond donors (Lipinski definition) is 1. The lowest BCUT2D eigenvalue weighted by Crippen LogP contribution is -2.08. The van der Waals surface area contributed by atoms with Crippen molar-refractivity contribution >= 4 is 45.7 Å². The summed E-state index contributed by atoms with van der Waals surface area (Å²) in [5.41, 5.74) is 1.14. The van der Waals surface area contributed by atoms with Crippen LogP contribution in [-0.4, -0.2) is 38.0 Å². The van der Waals surface area contributed by atoms with Gasteiger partial charge in [-0.15, -0.1) is 5.10 Å². The van der Waals surface area contributed by atoms with E-state index in [9.17, 15) is 4.21 Å². The summed E-state index contributed by atoms with van der Waals surface area (Å²) in [5.74, 6) is 0.818. The average Bonchev–Trinajstić information content (AvgIpc) is 3.05. The fourth-order valence-electron chi connectivity index (χ4n) is 2.02. The van der Waals surface area contributed by atoms with Gasteiger partial charge in [0.15, 0.2) is 11.0 Å². The van der Waals surface area contributed by atoms with Gasteiger partial charge >= 0.3 is 0 Å². The second-order valence-electron chi connectivity index (χ2n) is 4.87. The Morgan fingerprint density at radius 1 is 1.20 bits per heavy atom. The highest BCUT2D eigenvalue weighted by Crippen LogP contribution is 2.33. The number of anilines is 1. The van der Waals surface area contributed by atoms with E-state index in [4.69, 9.17) is 32.7 Å². The Hall–Kier alpha value is -2.10. The van der Waals surface area contributed by atoms with Gasteiger partial charge in [-0.3, -0.25) is 4.72 Å². The largest absolute Gasteiger partial charge is 0.481 e. The average molecular weight is 402 g/mol. The SMILES string of the molecule is COc1cc(OC)n2nc(S(=O)Nc3c(Cl)ccc(C)c3Cl)nc2n1. The molecule has 0 aliphatic rings. The van der Waals surface area contributed by atoms with Gasteiger partial charge in [-0.1, -0.05) is 29.3 Å². The topological polar surface area (TPSA) is 90.6 Å². The van der Waals surface area contributed by atoms with Crippen LogP contribution in [0.5, 0.6) is 11.8 Å². The third-order valence-electron chi connectivity index (χ3n) is 3.30. The van der Waals surface area contributed by atoms with E-state index in [-0.39, 0.29) is 10.9 Å². The molecule has 1 N–H and O–H groups in total. The second kappa shape index (κ2) is 7.03. The third kappa shape index (κ3) is 3.35. The molecule has 0 saturated heterocycles. The lowest BCUT2D eigenvalue weighted by molar-refractivity contribution is 0.364. The van der Waals surface area contributed by atoms with Crippen molar-refractivity contribution in [2.75, 3.05) is 18.9 Å². The van der Waals surface area contributed by atoms with E-state index in [1.54, 1.807) is 12.1 Å². The molecule has 0 saturated carbocycles. The normalized spacial score (nSPS) is 12.2. The van der Waals surface area contributed by atoms with Crippen LogP contribution in [0, 0.1) is 6.92 Å². The molecule has 11 heteroatoms. The Bertz CT molecular complexity index is 979. The molecule has 0 radical (unpaired) electrons. The molecule has 8 nitrogen and oxygen atoms in total. The number of halogens is 2. The van der Waals surface area contributed by atoms with Gasteiger partial charge in [-0.2, -0.15) is 14.5 Å². The standard InChI is InChI=1S/C14H13Cl2N5O3S/c1-7-4-5-8(15)12(11(7)16)20-25(22)14-18-13-17-9(23-2)6-10(24-3)21(13)19-14/h4-6,20H,1-3H3. The van der Waals surface area contributed by atoms with E-state index in [1.165, 1.54) is 24.8 Å². The van der Waals surface area contributed by atoms with Crippen molar-refractivity contribution in [3.8, 4) is 11.8 Å². The van der Waals surface area contributed by atoms with E-state index in [2.05, 4.69) is 19.8 Å². The molecule has 1 atom stereocenters. The maximum atomic E-state index is 12.6. The Kier molecular flexibility index (Phi) is 4.98. The fourth-order valence-corrected chi connectivity index (χ4v) is 3.41. The molecule has 2 heterocycles. The molecular formula is C14H13Cl2N5O3S. The van der Waals surface area contributed by atoms with E-state index in [1.807, 2.05) is 6.92 Å². The van der Waals surface area contributed by atoms with Crippen molar-refractivity contribution in [2.45, 2.75) is 12.1 Å². The molecule has 1 aromatic carbocycles. The summed E-state index contributed by atoms with van der Waals surface area (Å²) in [6.07, 6.45) is 0. The van der Waals surface area contributed by atoms with Crippen LogP contribution >= 0.6 is 23.2 Å². The van der Waals surface area contributed by atoms with Crippen molar-refractivity contribution in [1.82, 2.24) is 19.6 Å². The smallest absolute Gasteiger partial charge is 0.262 e. The molecule has 0 amide bonds. The van der Waals surface area contributed by atoms with Crippen LogP contribution in [0.3, 0.4) is 0 Å². The third-order valence-corrected chi connectivity index (χ3v) is 5.00. The second-order valence-corrected chi connectivity index (χ2v) is 6.76. The van der Waals surface area contributed by atoms with Crippen LogP contribution in [0.4, 0.5) is 5.69 Å². The summed E-state index contributed by atoms with van der Waals surface area (Å²) in [5, 5.41) is 4.86. The Morgan fingerprint density at radius 3 is 2.64 bits per heavy atom. The zero-order valence-electron chi connectivity index (χ0n) is 13.4. The highest BCUT2D eigenvalue weighted by Gasteiger charge is 2.19. The van der Waals surface area contributed by atoms with E-state index in [0.29, 0.717) is 27.5 Å². The predicted octanol–water partition coefficient (Wildman–Crippen LogP) is 2.89. The molecular weight excluding hydrogens is 389 g/mol. The maximum absolute atomic E-state index is 12.6. The first kappa shape index (κ1) is 17.7. The van der Waals surface area contributed by atoms with Gasteiger partial charge in [0.05, 0.1) is 36.0 Å². The number of nitrogens with one attached hydrogen (secondary N) is 1. The molecule has 3 aromatic rings. The van der Waals surface area contributed by atoms with Crippen LogP contribution < -0.4 is 14.2 Å². The number of hydrogen-bond acceptors (Lipinski definition) is 6. The molecule has 1 unspecified atom stereocenters. The quantitative estimate of drug-likeness (QED) is 0.706. The number of rotatable bonds is 5.